The Kier molecular flexibility index (Phi) is 4.14. The number of hydrogen-bond acceptors (Lipinski definition) is 4. The minimum atomic E-state index is -0.533. The summed E-state index contributed by atoms with van der Waals surface area (Å²) < 4.78 is 5.02. The van der Waals surface area contributed by atoms with Crippen LogP contribution in [-0.4, -0.2) is 24.2 Å². The van der Waals surface area contributed by atoms with Gasteiger partial charge in [0.2, 0.25) is 0 Å². The summed E-state index contributed by atoms with van der Waals surface area (Å²) in [7, 11) is 1.39. The molecule has 2 N–H and O–H groups in total. The number of hydrogen-bond donors (Lipinski definition) is 2. The minimum absolute atomic E-state index is 0.0814. The van der Waals surface area contributed by atoms with Crippen LogP contribution in [-0.2, 0) is 4.79 Å². The van der Waals surface area contributed by atoms with E-state index in [1.165, 1.54) is 25.3 Å². The van der Waals surface area contributed by atoms with Gasteiger partial charge in [-0.05, 0) is 35.9 Å². The summed E-state index contributed by atoms with van der Waals surface area (Å²) >= 11 is 5.93. The van der Waals surface area contributed by atoms with Gasteiger partial charge in [-0.1, -0.05) is 29.8 Å². The highest BCUT2D eigenvalue weighted by Crippen LogP contribution is 2.35. The Labute approximate surface area is 142 Å². The highest BCUT2D eigenvalue weighted by atomic mass is 35.5. The molecule has 24 heavy (non-hydrogen) atoms. The first-order valence-electron chi connectivity index (χ1n) is 7.00. The number of para-hydroxylation sites is 1. The first kappa shape index (κ1) is 15.9. The number of imide groups is 1. The molecule has 1 saturated heterocycles. The largest absolute Gasteiger partial charge is 0.503 e. The smallest absolute Gasteiger partial charge is 0.333 e. The molecule has 0 saturated carbocycles. The number of nitrogens with one attached hydrogen (secondary N) is 1. The minimum Gasteiger partial charge on any atom is -0.503 e. The Balaban J connectivity index is 1.97. The zero-order valence-corrected chi connectivity index (χ0v) is 13.4. The lowest BCUT2D eigenvalue weighted by Gasteiger charge is -2.11. The van der Waals surface area contributed by atoms with Crippen molar-refractivity contribution in [2.75, 3.05) is 12.0 Å². The van der Waals surface area contributed by atoms with Gasteiger partial charge in [0, 0.05) is 0 Å². The average Bonchev–Trinajstić information content (AvgIpc) is 2.85. The van der Waals surface area contributed by atoms with E-state index in [1.807, 2.05) is 0 Å². The Hall–Kier alpha value is -2.99. The van der Waals surface area contributed by atoms with Gasteiger partial charge in [0.05, 0.1) is 17.8 Å². The van der Waals surface area contributed by atoms with Crippen LogP contribution in [0.4, 0.5) is 10.5 Å². The molecule has 122 valence electrons. The van der Waals surface area contributed by atoms with Gasteiger partial charge in [-0.15, -0.1) is 0 Å². The Morgan fingerprint density at radius 1 is 1.21 bits per heavy atom. The first-order chi connectivity index (χ1) is 11.5. The first-order valence-corrected chi connectivity index (χ1v) is 7.37. The number of halogens is 1. The molecule has 0 unspecified atom stereocenters. The Bertz CT molecular complexity index is 849. The van der Waals surface area contributed by atoms with Crippen LogP contribution >= 0.6 is 11.6 Å². The van der Waals surface area contributed by atoms with Crippen molar-refractivity contribution in [1.29, 1.82) is 0 Å². The van der Waals surface area contributed by atoms with Gasteiger partial charge >= 0.3 is 6.03 Å². The van der Waals surface area contributed by atoms with Gasteiger partial charge in [-0.3, -0.25) is 4.79 Å². The number of aromatic hydroxyl groups is 1. The number of urea groups is 1. The molecular weight excluding hydrogens is 332 g/mol. The number of methoxy groups -OCH3 is 1. The van der Waals surface area contributed by atoms with Crippen molar-refractivity contribution in [3.8, 4) is 11.5 Å². The third-order valence-corrected chi connectivity index (χ3v) is 3.76. The molecule has 7 heteroatoms. The third kappa shape index (κ3) is 2.79. The van der Waals surface area contributed by atoms with Gasteiger partial charge in [0.1, 0.15) is 5.70 Å². The molecule has 0 spiro atoms. The summed E-state index contributed by atoms with van der Waals surface area (Å²) in [5.74, 6) is -0.491. The zero-order chi connectivity index (χ0) is 17.3. The lowest BCUT2D eigenvalue weighted by molar-refractivity contribution is -0.113. The van der Waals surface area contributed by atoms with Crippen molar-refractivity contribution in [3.05, 3.63) is 58.7 Å². The SMILES string of the molecule is COc1cc(C=C2NC(=O)N(c3ccccc3)C2=O)cc(Cl)c1O. The van der Waals surface area contributed by atoms with Gasteiger partial charge in [0.15, 0.2) is 11.5 Å². The maximum absolute atomic E-state index is 12.5. The fourth-order valence-corrected chi connectivity index (χ4v) is 2.57. The summed E-state index contributed by atoms with van der Waals surface area (Å²) in [4.78, 5) is 25.6. The molecule has 0 atom stereocenters. The van der Waals surface area contributed by atoms with E-state index >= 15 is 0 Å². The van der Waals surface area contributed by atoms with Crippen molar-refractivity contribution >= 4 is 35.3 Å². The van der Waals surface area contributed by atoms with E-state index in [2.05, 4.69) is 5.32 Å². The van der Waals surface area contributed by atoms with E-state index in [1.54, 1.807) is 30.3 Å². The second-order valence-corrected chi connectivity index (χ2v) is 5.43. The highest BCUT2D eigenvalue weighted by Gasteiger charge is 2.34. The standard InChI is InChI=1S/C17H13ClN2O4/c1-24-14-9-10(7-12(18)15(14)21)8-13-16(22)20(17(23)19-13)11-5-3-2-4-6-11/h2-9,21H,1H3,(H,19,23). The van der Waals surface area contributed by atoms with Crippen LogP contribution in [0.15, 0.2) is 48.2 Å². The topological polar surface area (TPSA) is 78.9 Å². The van der Waals surface area contributed by atoms with Crippen molar-refractivity contribution in [3.63, 3.8) is 0 Å². The monoisotopic (exact) mass is 344 g/mol. The normalized spacial score (nSPS) is 15.8. The molecule has 3 amide bonds. The number of phenols is 1. The summed E-state index contributed by atoms with van der Waals surface area (Å²) in [5.41, 5.74) is 1.09. The predicted molar refractivity (Wildman–Crippen MR) is 90.1 cm³/mol. The van der Waals surface area contributed by atoms with E-state index in [0.717, 1.165) is 4.90 Å². The predicted octanol–water partition coefficient (Wildman–Crippen LogP) is 3.15. The molecule has 1 aliphatic heterocycles. The lowest BCUT2D eigenvalue weighted by Crippen LogP contribution is -2.30. The lowest BCUT2D eigenvalue weighted by atomic mass is 10.1. The summed E-state index contributed by atoms with van der Waals surface area (Å²) in [5, 5.41) is 12.4. The number of benzene rings is 2. The number of ether oxygens (including phenoxy) is 1. The zero-order valence-electron chi connectivity index (χ0n) is 12.6. The molecule has 0 bridgehead atoms. The summed E-state index contributed by atoms with van der Waals surface area (Å²) in [6.07, 6.45) is 1.47. The number of nitrogens with zero attached hydrogens (tertiary/aromatic N) is 1. The highest BCUT2D eigenvalue weighted by molar-refractivity contribution is 6.32. The molecule has 3 rings (SSSR count). The van der Waals surface area contributed by atoms with Crippen LogP contribution < -0.4 is 15.0 Å². The third-order valence-electron chi connectivity index (χ3n) is 3.47. The molecule has 0 radical (unpaired) electrons. The average molecular weight is 345 g/mol. The number of phenolic OH excluding ortho intramolecular Hbond substituents is 1. The fraction of sp³-hybridized carbons (Fsp3) is 0.0588. The van der Waals surface area contributed by atoms with Crippen LogP contribution in [0.3, 0.4) is 0 Å². The maximum Gasteiger partial charge on any atom is 0.333 e. The van der Waals surface area contributed by atoms with Crippen molar-refractivity contribution in [1.82, 2.24) is 5.32 Å². The van der Waals surface area contributed by atoms with E-state index in [4.69, 9.17) is 16.3 Å². The maximum atomic E-state index is 12.5. The second-order valence-electron chi connectivity index (χ2n) is 5.02. The van der Waals surface area contributed by atoms with Gasteiger partial charge in [-0.25, -0.2) is 9.69 Å². The van der Waals surface area contributed by atoms with Crippen LogP contribution in [0.25, 0.3) is 6.08 Å². The van der Waals surface area contributed by atoms with Crippen LogP contribution in [0, 0.1) is 0 Å². The van der Waals surface area contributed by atoms with Gasteiger partial charge in [-0.2, -0.15) is 0 Å². The van der Waals surface area contributed by atoms with Crippen molar-refractivity contribution < 1.29 is 19.4 Å². The molecule has 1 fully saturated rings. The van der Waals surface area contributed by atoms with Crippen LogP contribution in [0.1, 0.15) is 5.56 Å². The molecule has 1 heterocycles. The molecule has 2 aromatic rings. The Morgan fingerprint density at radius 3 is 2.58 bits per heavy atom. The van der Waals surface area contributed by atoms with Crippen LogP contribution in [0.5, 0.6) is 11.5 Å². The van der Waals surface area contributed by atoms with Gasteiger partial charge < -0.3 is 15.2 Å². The fourth-order valence-electron chi connectivity index (χ4n) is 2.35. The van der Waals surface area contributed by atoms with E-state index in [9.17, 15) is 14.7 Å². The molecular formula is C17H13ClN2O4. The number of carbonyl (C=O) groups is 2. The van der Waals surface area contributed by atoms with E-state index in [0.29, 0.717) is 11.3 Å². The van der Waals surface area contributed by atoms with Crippen molar-refractivity contribution in [2.45, 2.75) is 0 Å². The molecule has 6 nitrogen and oxygen atoms in total. The van der Waals surface area contributed by atoms with E-state index in [-0.39, 0.29) is 22.2 Å². The number of anilines is 1. The second kappa shape index (κ2) is 6.25. The molecule has 1 aliphatic rings. The molecule has 0 aliphatic carbocycles. The molecule has 2 aromatic carbocycles. The van der Waals surface area contributed by atoms with E-state index < -0.39 is 11.9 Å². The Morgan fingerprint density at radius 2 is 1.92 bits per heavy atom. The summed E-state index contributed by atoms with van der Waals surface area (Å²) in [6, 6.07) is 11.1. The quantitative estimate of drug-likeness (QED) is 0.662. The van der Waals surface area contributed by atoms with Crippen LogP contribution in [0.2, 0.25) is 5.02 Å². The number of carbonyl (C=O) groups excluding carboxylic acids is 2. The number of rotatable bonds is 3. The van der Waals surface area contributed by atoms with Crippen molar-refractivity contribution in [2.24, 2.45) is 0 Å². The number of amides is 3. The van der Waals surface area contributed by atoms with Gasteiger partial charge in [0.25, 0.3) is 5.91 Å². The summed E-state index contributed by atoms with van der Waals surface area (Å²) in [6.45, 7) is 0. The molecule has 0 aromatic heterocycles.